The third-order valence-corrected chi connectivity index (χ3v) is 3.74. The summed E-state index contributed by atoms with van der Waals surface area (Å²) in [7, 11) is 0. The van der Waals surface area contributed by atoms with Gasteiger partial charge in [0.15, 0.2) is 0 Å². The van der Waals surface area contributed by atoms with E-state index in [2.05, 4.69) is 26.1 Å². The Morgan fingerprint density at radius 3 is 2.84 bits per heavy atom. The lowest BCUT2D eigenvalue weighted by atomic mass is 9.89. The van der Waals surface area contributed by atoms with Crippen molar-refractivity contribution in [2.45, 2.75) is 51.0 Å². The van der Waals surface area contributed by atoms with Crippen molar-refractivity contribution in [3.8, 4) is 0 Å². The maximum atomic E-state index is 10.9. The van der Waals surface area contributed by atoms with Crippen LogP contribution in [0, 0.1) is 0 Å². The Morgan fingerprint density at radius 2 is 2.21 bits per heavy atom. The number of hydrogen-bond donors (Lipinski definition) is 2. The van der Waals surface area contributed by atoms with Crippen LogP contribution in [0.3, 0.4) is 0 Å². The molecule has 3 nitrogen and oxygen atoms in total. The highest BCUT2D eigenvalue weighted by molar-refractivity contribution is 6.30. The minimum absolute atomic E-state index is 0.134. The number of nitrogens with one attached hydrogen (secondary N) is 1. The lowest BCUT2D eigenvalue weighted by molar-refractivity contribution is -0.267. The minimum atomic E-state index is -1.31. The smallest absolute Gasteiger partial charge is 0.208 e. The van der Waals surface area contributed by atoms with Crippen LogP contribution in [-0.2, 0) is 10.5 Å². The third kappa shape index (κ3) is 3.11. The average Bonchev–Trinajstić information content (AvgIpc) is 2.34. The topological polar surface area (TPSA) is 41.5 Å². The molecule has 0 aliphatic carbocycles. The van der Waals surface area contributed by atoms with Gasteiger partial charge in [-0.05, 0) is 32.4 Å². The molecule has 1 aliphatic rings. The number of morpholine rings is 1. The summed E-state index contributed by atoms with van der Waals surface area (Å²) < 4.78 is 5.82. The van der Waals surface area contributed by atoms with E-state index in [1.165, 1.54) is 0 Å². The molecule has 2 N–H and O–H groups in total. The molecule has 1 fully saturated rings. The number of ether oxygens (including phenoxy) is 1. The van der Waals surface area contributed by atoms with Gasteiger partial charge in [0, 0.05) is 16.1 Å². The summed E-state index contributed by atoms with van der Waals surface area (Å²) in [5.74, 6) is -1.31. The second kappa shape index (κ2) is 5.41. The van der Waals surface area contributed by atoms with E-state index in [-0.39, 0.29) is 11.6 Å². The van der Waals surface area contributed by atoms with Gasteiger partial charge in [-0.3, -0.25) is 0 Å². The summed E-state index contributed by atoms with van der Waals surface area (Å²) in [6.07, 6.45) is 1.81. The molecule has 106 valence electrons. The number of aliphatic hydroxyl groups is 1. The molecule has 4 heteroatoms. The Hall–Kier alpha value is -0.610. The summed E-state index contributed by atoms with van der Waals surface area (Å²) in [5, 5.41) is 15.0. The first-order valence-electron chi connectivity index (χ1n) is 6.77. The van der Waals surface area contributed by atoms with Crippen molar-refractivity contribution < 1.29 is 9.84 Å². The van der Waals surface area contributed by atoms with Crippen LogP contribution in [0.15, 0.2) is 24.3 Å². The van der Waals surface area contributed by atoms with E-state index in [4.69, 9.17) is 16.3 Å². The summed E-state index contributed by atoms with van der Waals surface area (Å²) in [5.41, 5.74) is 0.575. The van der Waals surface area contributed by atoms with Crippen molar-refractivity contribution in [3.05, 3.63) is 34.9 Å². The normalized spacial score (nSPS) is 30.3. The second-order valence-electron chi connectivity index (χ2n) is 5.86. The van der Waals surface area contributed by atoms with Crippen LogP contribution in [0.4, 0.5) is 0 Å². The predicted molar refractivity (Wildman–Crippen MR) is 77.2 cm³/mol. The highest BCUT2D eigenvalue weighted by atomic mass is 35.5. The molecule has 0 bridgehead atoms. The van der Waals surface area contributed by atoms with Gasteiger partial charge in [0.1, 0.15) is 0 Å². The fraction of sp³-hybridized carbons (Fsp3) is 0.600. The zero-order chi connectivity index (χ0) is 14.1. The van der Waals surface area contributed by atoms with Crippen molar-refractivity contribution in [2.75, 3.05) is 6.61 Å². The highest BCUT2D eigenvalue weighted by Crippen LogP contribution is 2.35. The summed E-state index contributed by atoms with van der Waals surface area (Å²) in [4.78, 5) is 0. The fourth-order valence-electron chi connectivity index (χ4n) is 2.55. The lowest BCUT2D eigenvalue weighted by Crippen LogP contribution is -2.64. The zero-order valence-electron chi connectivity index (χ0n) is 11.7. The van der Waals surface area contributed by atoms with Gasteiger partial charge < -0.3 is 15.2 Å². The van der Waals surface area contributed by atoms with E-state index in [1.54, 1.807) is 12.1 Å². The van der Waals surface area contributed by atoms with Gasteiger partial charge in [-0.1, -0.05) is 37.1 Å². The molecular formula is C15H22ClNO2. The largest absolute Gasteiger partial charge is 0.361 e. The number of hydrogen-bond acceptors (Lipinski definition) is 3. The van der Waals surface area contributed by atoms with Crippen molar-refractivity contribution in [1.82, 2.24) is 5.32 Å². The van der Waals surface area contributed by atoms with Crippen LogP contribution in [0.25, 0.3) is 0 Å². The van der Waals surface area contributed by atoms with E-state index in [1.807, 2.05) is 12.1 Å². The number of rotatable bonds is 3. The summed E-state index contributed by atoms with van der Waals surface area (Å²) in [6.45, 7) is 6.71. The minimum Gasteiger partial charge on any atom is -0.361 e. The molecule has 2 atom stereocenters. The monoisotopic (exact) mass is 283 g/mol. The standard InChI is InChI=1S/C15H22ClNO2/c1-4-6-13-15(18,19-10-14(2,3)17-13)11-7-5-8-12(16)9-11/h5,7-9,13,17-18H,4,6,10H2,1-3H3/t13-,15-/m0/s1. The van der Waals surface area contributed by atoms with Crippen molar-refractivity contribution in [2.24, 2.45) is 0 Å². The van der Waals surface area contributed by atoms with Gasteiger partial charge in [0.2, 0.25) is 5.79 Å². The Labute approximate surface area is 119 Å². The van der Waals surface area contributed by atoms with Crippen LogP contribution in [0.1, 0.15) is 39.2 Å². The molecule has 2 rings (SSSR count). The van der Waals surface area contributed by atoms with Crippen LogP contribution >= 0.6 is 11.6 Å². The van der Waals surface area contributed by atoms with E-state index >= 15 is 0 Å². The van der Waals surface area contributed by atoms with E-state index in [0.29, 0.717) is 17.2 Å². The maximum Gasteiger partial charge on any atom is 0.208 e. The molecule has 0 saturated carbocycles. The number of halogens is 1. The van der Waals surface area contributed by atoms with Crippen LogP contribution in [0.2, 0.25) is 5.02 Å². The first-order valence-corrected chi connectivity index (χ1v) is 7.15. The van der Waals surface area contributed by atoms with E-state index in [9.17, 15) is 5.11 Å². The predicted octanol–water partition coefficient (Wildman–Crippen LogP) is 3.05. The fourth-order valence-corrected chi connectivity index (χ4v) is 2.74. The summed E-state index contributed by atoms with van der Waals surface area (Å²) >= 11 is 6.02. The lowest BCUT2D eigenvalue weighted by Gasteiger charge is -2.47. The molecule has 0 amide bonds. The quantitative estimate of drug-likeness (QED) is 0.896. The first kappa shape index (κ1) is 14.8. The van der Waals surface area contributed by atoms with Gasteiger partial charge in [-0.15, -0.1) is 0 Å². The maximum absolute atomic E-state index is 10.9. The van der Waals surface area contributed by atoms with Gasteiger partial charge in [0.25, 0.3) is 0 Å². The van der Waals surface area contributed by atoms with E-state index < -0.39 is 5.79 Å². The van der Waals surface area contributed by atoms with Crippen molar-refractivity contribution >= 4 is 11.6 Å². The summed E-state index contributed by atoms with van der Waals surface area (Å²) in [6, 6.07) is 7.11. The van der Waals surface area contributed by atoms with Crippen molar-refractivity contribution in [1.29, 1.82) is 0 Å². The average molecular weight is 284 g/mol. The Balaban J connectivity index is 2.34. The van der Waals surface area contributed by atoms with Gasteiger partial charge >= 0.3 is 0 Å². The second-order valence-corrected chi connectivity index (χ2v) is 6.30. The Morgan fingerprint density at radius 1 is 1.47 bits per heavy atom. The van der Waals surface area contributed by atoms with Gasteiger partial charge in [0.05, 0.1) is 12.6 Å². The van der Waals surface area contributed by atoms with Crippen LogP contribution in [0.5, 0.6) is 0 Å². The SMILES string of the molecule is CCC[C@@H]1NC(C)(C)CO[C@@]1(O)c1cccc(Cl)c1. The van der Waals surface area contributed by atoms with Crippen molar-refractivity contribution in [3.63, 3.8) is 0 Å². The van der Waals surface area contributed by atoms with E-state index in [0.717, 1.165) is 12.8 Å². The number of benzene rings is 1. The molecule has 0 spiro atoms. The molecule has 1 aliphatic heterocycles. The molecule has 19 heavy (non-hydrogen) atoms. The van der Waals surface area contributed by atoms with Crippen LogP contribution < -0.4 is 5.32 Å². The molecule has 1 saturated heterocycles. The zero-order valence-corrected chi connectivity index (χ0v) is 12.5. The highest BCUT2D eigenvalue weighted by Gasteiger charge is 2.46. The molecule has 0 radical (unpaired) electrons. The molecule has 0 unspecified atom stereocenters. The molecule has 1 aromatic carbocycles. The first-order chi connectivity index (χ1) is 8.87. The van der Waals surface area contributed by atoms with Gasteiger partial charge in [-0.25, -0.2) is 0 Å². The van der Waals surface area contributed by atoms with Gasteiger partial charge in [-0.2, -0.15) is 0 Å². The van der Waals surface area contributed by atoms with Crippen LogP contribution in [-0.4, -0.2) is 23.3 Å². The molecule has 0 aromatic heterocycles. The Bertz CT molecular complexity index is 450. The Kier molecular flexibility index (Phi) is 4.21. The third-order valence-electron chi connectivity index (χ3n) is 3.51. The molecule has 1 heterocycles. The molecular weight excluding hydrogens is 262 g/mol. The molecule has 1 aromatic rings.